The number of halogens is 4. The maximum absolute atomic E-state index is 13.0. The molecule has 0 aromatic heterocycles. The van der Waals surface area contributed by atoms with E-state index in [-0.39, 0.29) is 12.4 Å². The molecule has 0 unspecified atom stereocenters. The Morgan fingerprint density at radius 3 is 2.50 bits per heavy atom. The zero-order valence-corrected chi connectivity index (χ0v) is 13.7. The molecule has 3 N–H and O–H groups in total. The minimum absolute atomic E-state index is 0. The van der Waals surface area contributed by atoms with Crippen molar-refractivity contribution in [2.24, 2.45) is 5.73 Å². The highest BCUT2D eigenvalue weighted by molar-refractivity contribution is 9.10. The van der Waals surface area contributed by atoms with Crippen LogP contribution in [0.25, 0.3) is 0 Å². The molecule has 0 saturated carbocycles. The van der Waals surface area contributed by atoms with Crippen LogP contribution in [0.5, 0.6) is 0 Å². The second-order valence-corrected chi connectivity index (χ2v) is 5.79. The molecular weight excluding hydrogens is 354 g/mol. The first-order valence-corrected chi connectivity index (χ1v) is 6.60. The molecule has 0 atom stereocenters. The fourth-order valence-corrected chi connectivity index (χ4v) is 1.91. The third-order valence-corrected chi connectivity index (χ3v) is 3.41. The van der Waals surface area contributed by atoms with Crippen LogP contribution in [0.3, 0.4) is 0 Å². The van der Waals surface area contributed by atoms with Crippen molar-refractivity contribution in [1.82, 2.24) is 5.32 Å². The number of carbonyl (C=O) groups excluding carboxylic acids is 1. The molecule has 1 rings (SSSR count). The minimum Gasteiger partial charge on any atom is -0.349 e. The second-order valence-electron chi connectivity index (χ2n) is 4.88. The van der Waals surface area contributed by atoms with Crippen molar-refractivity contribution in [2.45, 2.75) is 25.2 Å². The Bertz CT molecular complexity index is 469. The van der Waals surface area contributed by atoms with E-state index in [1.807, 2.05) is 6.07 Å². The van der Waals surface area contributed by atoms with Crippen LogP contribution in [0.15, 0.2) is 28.7 Å². The molecule has 1 aromatic rings. The van der Waals surface area contributed by atoms with E-state index in [2.05, 4.69) is 21.2 Å². The van der Waals surface area contributed by atoms with Gasteiger partial charge in [-0.25, -0.2) is 8.78 Å². The van der Waals surface area contributed by atoms with Crippen molar-refractivity contribution in [3.05, 3.63) is 34.3 Å². The summed E-state index contributed by atoms with van der Waals surface area (Å²) in [4.78, 5) is 12.0. The number of nitrogens with one attached hydrogen (secondary N) is 1. The summed E-state index contributed by atoms with van der Waals surface area (Å²) in [5.41, 5.74) is 4.78. The Kier molecular flexibility index (Phi) is 7.07. The Morgan fingerprint density at radius 2 is 2.00 bits per heavy atom. The molecule has 1 amide bonds. The highest BCUT2D eigenvalue weighted by Crippen LogP contribution is 2.26. The molecule has 0 aliphatic rings. The van der Waals surface area contributed by atoms with Gasteiger partial charge in [0.15, 0.2) is 0 Å². The normalized spacial score (nSPS) is 11.7. The van der Waals surface area contributed by atoms with Gasteiger partial charge in [-0.1, -0.05) is 28.1 Å². The van der Waals surface area contributed by atoms with Gasteiger partial charge in [0.05, 0.1) is 18.5 Å². The third kappa shape index (κ3) is 5.00. The fraction of sp³-hybridized carbons (Fsp3) is 0.462. The monoisotopic (exact) mass is 370 g/mol. The quantitative estimate of drug-likeness (QED) is 0.836. The van der Waals surface area contributed by atoms with Gasteiger partial charge < -0.3 is 11.1 Å². The summed E-state index contributed by atoms with van der Waals surface area (Å²) >= 11 is 3.32. The Balaban J connectivity index is 0.00000361. The zero-order valence-electron chi connectivity index (χ0n) is 11.3. The van der Waals surface area contributed by atoms with Gasteiger partial charge in [0, 0.05) is 4.47 Å². The molecular formula is C13H18BrClF2N2O. The predicted molar refractivity (Wildman–Crippen MR) is 81.4 cm³/mol. The minimum atomic E-state index is -3.08. The first kappa shape index (κ1) is 19.3. The maximum atomic E-state index is 13.0. The van der Waals surface area contributed by atoms with Gasteiger partial charge in [0.1, 0.15) is 0 Å². The van der Waals surface area contributed by atoms with E-state index in [9.17, 15) is 13.6 Å². The number of alkyl halides is 2. The van der Waals surface area contributed by atoms with Crippen LogP contribution in [0.4, 0.5) is 8.78 Å². The lowest BCUT2D eigenvalue weighted by Crippen LogP contribution is -2.47. The average Bonchev–Trinajstić information content (AvgIpc) is 2.36. The summed E-state index contributed by atoms with van der Waals surface area (Å²) < 4.78 is 26.9. The van der Waals surface area contributed by atoms with Gasteiger partial charge in [0.25, 0.3) is 5.92 Å². The Morgan fingerprint density at radius 1 is 1.40 bits per heavy atom. The standard InChI is InChI=1S/C13H17BrF2N2O.ClH/c1-12(2,9-4-3-5-10(14)6-9)11(19)18-8-13(15,16)7-17;/h3-6H,7-8,17H2,1-2H3,(H,18,19);1H. The lowest BCUT2D eigenvalue weighted by Gasteiger charge is -2.25. The number of hydrogen-bond donors (Lipinski definition) is 2. The smallest absolute Gasteiger partial charge is 0.277 e. The van der Waals surface area contributed by atoms with Crippen molar-refractivity contribution in [2.75, 3.05) is 13.1 Å². The number of nitrogens with two attached hydrogens (primary N) is 1. The van der Waals surface area contributed by atoms with E-state index < -0.39 is 30.3 Å². The van der Waals surface area contributed by atoms with Crippen molar-refractivity contribution in [3.63, 3.8) is 0 Å². The van der Waals surface area contributed by atoms with Crippen LogP contribution in [0.1, 0.15) is 19.4 Å². The summed E-state index contributed by atoms with van der Waals surface area (Å²) in [7, 11) is 0. The van der Waals surface area contributed by atoms with Crippen LogP contribution in [0.2, 0.25) is 0 Å². The van der Waals surface area contributed by atoms with Crippen LogP contribution >= 0.6 is 28.3 Å². The highest BCUT2D eigenvalue weighted by Gasteiger charge is 2.33. The summed E-state index contributed by atoms with van der Waals surface area (Å²) in [6, 6.07) is 7.20. The summed E-state index contributed by atoms with van der Waals surface area (Å²) in [5.74, 6) is -3.54. The van der Waals surface area contributed by atoms with E-state index >= 15 is 0 Å². The fourth-order valence-electron chi connectivity index (χ4n) is 1.51. The number of carbonyl (C=O) groups is 1. The first-order valence-electron chi connectivity index (χ1n) is 5.81. The molecule has 114 valence electrons. The first-order chi connectivity index (χ1) is 8.69. The highest BCUT2D eigenvalue weighted by atomic mass is 79.9. The van der Waals surface area contributed by atoms with E-state index in [4.69, 9.17) is 5.73 Å². The second kappa shape index (κ2) is 7.33. The molecule has 7 heteroatoms. The molecule has 0 bridgehead atoms. The van der Waals surface area contributed by atoms with Crippen LogP contribution in [-0.2, 0) is 10.2 Å². The third-order valence-electron chi connectivity index (χ3n) is 2.92. The molecule has 0 saturated heterocycles. The molecule has 0 aliphatic carbocycles. The topological polar surface area (TPSA) is 55.1 Å². The molecule has 1 aromatic carbocycles. The van der Waals surface area contributed by atoms with E-state index in [0.717, 1.165) is 10.0 Å². The summed E-state index contributed by atoms with van der Waals surface area (Å²) in [5, 5.41) is 2.25. The van der Waals surface area contributed by atoms with Gasteiger partial charge in [-0.3, -0.25) is 4.79 Å². The van der Waals surface area contributed by atoms with Crippen LogP contribution in [-0.4, -0.2) is 24.9 Å². The van der Waals surface area contributed by atoms with Crippen LogP contribution < -0.4 is 11.1 Å². The van der Waals surface area contributed by atoms with Crippen molar-refractivity contribution in [1.29, 1.82) is 0 Å². The van der Waals surface area contributed by atoms with E-state index in [1.54, 1.807) is 32.0 Å². The van der Waals surface area contributed by atoms with Gasteiger partial charge in [-0.05, 0) is 31.5 Å². The van der Waals surface area contributed by atoms with Gasteiger partial charge in [0.2, 0.25) is 5.91 Å². The number of benzene rings is 1. The average molecular weight is 372 g/mol. The van der Waals surface area contributed by atoms with Gasteiger partial charge in [-0.2, -0.15) is 0 Å². The van der Waals surface area contributed by atoms with E-state index in [0.29, 0.717) is 0 Å². The van der Waals surface area contributed by atoms with Crippen LogP contribution in [0, 0.1) is 0 Å². The summed E-state index contributed by atoms with van der Waals surface area (Å²) in [6.45, 7) is 1.83. The molecule has 0 fully saturated rings. The zero-order chi connectivity index (χ0) is 14.7. The van der Waals surface area contributed by atoms with Crippen molar-refractivity contribution >= 4 is 34.2 Å². The molecule has 3 nitrogen and oxygen atoms in total. The van der Waals surface area contributed by atoms with Gasteiger partial charge >= 0.3 is 0 Å². The molecule has 20 heavy (non-hydrogen) atoms. The number of hydrogen-bond acceptors (Lipinski definition) is 2. The maximum Gasteiger partial charge on any atom is 0.277 e. The lowest BCUT2D eigenvalue weighted by atomic mass is 9.84. The molecule has 0 spiro atoms. The van der Waals surface area contributed by atoms with Crippen molar-refractivity contribution in [3.8, 4) is 0 Å². The lowest BCUT2D eigenvalue weighted by molar-refractivity contribution is -0.127. The van der Waals surface area contributed by atoms with E-state index in [1.165, 1.54) is 0 Å². The Hall–Kier alpha value is -0.720. The molecule has 0 aliphatic heterocycles. The molecule has 0 heterocycles. The molecule has 0 radical (unpaired) electrons. The SMILES string of the molecule is CC(C)(C(=O)NCC(F)(F)CN)c1cccc(Br)c1.Cl. The number of amides is 1. The largest absolute Gasteiger partial charge is 0.349 e. The van der Waals surface area contributed by atoms with Gasteiger partial charge in [-0.15, -0.1) is 12.4 Å². The number of rotatable bonds is 5. The predicted octanol–water partition coefficient (Wildman–Crippen LogP) is 2.86. The van der Waals surface area contributed by atoms with Crippen molar-refractivity contribution < 1.29 is 13.6 Å². The Labute approximate surface area is 131 Å². The summed E-state index contributed by atoms with van der Waals surface area (Å²) in [6.07, 6.45) is 0.